The molecule has 1 aliphatic heterocycles. The molecule has 0 spiro atoms. The summed E-state index contributed by atoms with van der Waals surface area (Å²) in [7, 11) is 0. The van der Waals surface area contributed by atoms with Crippen LogP contribution in [0.3, 0.4) is 0 Å². The van der Waals surface area contributed by atoms with Gasteiger partial charge in [0.25, 0.3) is 5.91 Å². The molecule has 0 unspecified atom stereocenters. The molecule has 24 heavy (non-hydrogen) atoms. The fourth-order valence-electron chi connectivity index (χ4n) is 2.26. The van der Waals surface area contributed by atoms with Gasteiger partial charge in [-0.3, -0.25) is 4.79 Å². The Morgan fingerprint density at radius 3 is 2.67 bits per heavy atom. The summed E-state index contributed by atoms with van der Waals surface area (Å²) in [6.45, 7) is 2.76. The summed E-state index contributed by atoms with van der Waals surface area (Å²) in [5.41, 5.74) is 1.47. The Morgan fingerprint density at radius 1 is 1.25 bits per heavy atom. The molecule has 2 aromatic rings. The van der Waals surface area contributed by atoms with Gasteiger partial charge in [-0.15, -0.1) is 0 Å². The first-order valence-corrected chi connectivity index (χ1v) is 8.48. The molecule has 126 valence electrons. The van der Waals surface area contributed by atoms with Gasteiger partial charge < -0.3 is 19.5 Å². The van der Waals surface area contributed by atoms with E-state index in [1.165, 1.54) is 0 Å². The number of fused-ring (bicyclic) bond motifs is 1. The third-order valence-electron chi connectivity index (χ3n) is 3.40. The Balaban J connectivity index is 1.64. The standard InChI is InChI=1S/C17H15BrClNO4/c1-10-6-11(19)2-3-14(10)24-9-17(21)20-13-8-16-15(7-12(13)18)22-4-5-23-16/h2-3,6-8H,4-5,9H2,1H3,(H,20,21). The summed E-state index contributed by atoms with van der Waals surface area (Å²) in [5, 5.41) is 3.42. The smallest absolute Gasteiger partial charge is 0.262 e. The van der Waals surface area contributed by atoms with Crippen molar-refractivity contribution >= 4 is 39.1 Å². The van der Waals surface area contributed by atoms with Gasteiger partial charge in [-0.05, 0) is 46.6 Å². The number of rotatable bonds is 4. The van der Waals surface area contributed by atoms with Gasteiger partial charge in [0.15, 0.2) is 18.1 Å². The number of carbonyl (C=O) groups excluding carboxylic acids is 1. The second-order valence-electron chi connectivity index (χ2n) is 5.22. The number of nitrogens with one attached hydrogen (secondary N) is 1. The van der Waals surface area contributed by atoms with E-state index in [-0.39, 0.29) is 12.5 Å². The quantitative estimate of drug-likeness (QED) is 0.818. The van der Waals surface area contributed by atoms with E-state index < -0.39 is 0 Å². The summed E-state index contributed by atoms with van der Waals surface area (Å²) < 4.78 is 17.3. The van der Waals surface area contributed by atoms with E-state index in [1.807, 2.05) is 6.92 Å². The summed E-state index contributed by atoms with van der Waals surface area (Å²) in [6, 6.07) is 8.74. The molecule has 0 aromatic heterocycles. The lowest BCUT2D eigenvalue weighted by Gasteiger charge is -2.20. The lowest BCUT2D eigenvalue weighted by molar-refractivity contribution is -0.118. The van der Waals surface area contributed by atoms with Crippen molar-refractivity contribution in [2.45, 2.75) is 6.92 Å². The third kappa shape index (κ3) is 3.94. The molecular weight excluding hydrogens is 398 g/mol. The van der Waals surface area contributed by atoms with Crippen LogP contribution in [0.15, 0.2) is 34.8 Å². The second kappa shape index (κ2) is 7.32. The number of carbonyl (C=O) groups is 1. The summed E-state index contributed by atoms with van der Waals surface area (Å²) in [4.78, 5) is 12.1. The van der Waals surface area contributed by atoms with Crippen LogP contribution in [0.25, 0.3) is 0 Å². The van der Waals surface area contributed by atoms with Gasteiger partial charge in [-0.25, -0.2) is 0 Å². The number of hydrogen-bond donors (Lipinski definition) is 1. The predicted molar refractivity (Wildman–Crippen MR) is 95.4 cm³/mol. The molecular formula is C17H15BrClNO4. The van der Waals surface area contributed by atoms with Crippen molar-refractivity contribution in [3.05, 3.63) is 45.4 Å². The monoisotopic (exact) mass is 411 g/mol. The number of amides is 1. The molecule has 0 atom stereocenters. The molecule has 0 bridgehead atoms. The van der Waals surface area contributed by atoms with Crippen LogP contribution in [-0.2, 0) is 4.79 Å². The molecule has 0 radical (unpaired) electrons. The minimum absolute atomic E-state index is 0.108. The third-order valence-corrected chi connectivity index (χ3v) is 4.29. The molecule has 0 fully saturated rings. The zero-order valence-corrected chi connectivity index (χ0v) is 15.2. The minimum Gasteiger partial charge on any atom is -0.486 e. The van der Waals surface area contributed by atoms with Crippen LogP contribution in [0.2, 0.25) is 5.02 Å². The lowest BCUT2D eigenvalue weighted by atomic mass is 10.2. The molecule has 0 saturated heterocycles. The van der Waals surface area contributed by atoms with Crippen molar-refractivity contribution in [3.8, 4) is 17.2 Å². The Labute approximate surface area is 153 Å². The topological polar surface area (TPSA) is 56.8 Å². The van der Waals surface area contributed by atoms with Crippen LogP contribution >= 0.6 is 27.5 Å². The van der Waals surface area contributed by atoms with Gasteiger partial charge in [0, 0.05) is 21.6 Å². The van der Waals surface area contributed by atoms with E-state index >= 15 is 0 Å². The zero-order valence-electron chi connectivity index (χ0n) is 12.9. The molecule has 7 heteroatoms. The van der Waals surface area contributed by atoms with Gasteiger partial charge in [-0.1, -0.05) is 11.6 Å². The van der Waals surface area contributed by atoms with E-state index in [2.05, 4.69) is 21.2 Å². The molecule has 1 heterocycles. The lowest BCUT2D eigenvalue weighted by Crippen LogP contribution is -2.21. The Hall–Kier alpha value is -1.92. The molecule has 5 nitrogen and oxygen atoms in total. The average molecular weight is 413 g/mol. The highest BCUT2D eigenvalue weighted by Crippen LogP contribution is 2.38. The summed E-state index contributed by atoms with van der Waals surface area (Å²) in [5.74, 6) is 1.60. The second-order valence-corrected chi connectivity index (χ2v) is 6.51. The molecule has 1 aliphatic rings. The molecule has 3 rings (SSSR count). The fraction of sp³-hybridized carbons (Fsp3) is 0.235. The zero-order chi connectivity index (χ0) is 17.1. The van der Waals surface area contributed by atoms with Crippen LogP contribution in [0, 0.1) is 6.92 Å². The highest BCUT2D eigenvalue weighted by Gasteiger charge is 2.16. The normalized spacial score (nSPS) is 12.6. The Morgan fingerprint density at radius 2 is 1.96 bits per heavy atom. The van der Waals surface area contributed by atoms with Crippen molar-refractivity contribution in [3.63, 3.8) is 0 Å². The summed E-state index contributed by atoms with van der Waals surface area (Å²) in [6.07, 6.45) is 0. The van der Waals surface area contributed by atoms with Gasteiger partial charge in [0.05, 0.1) is 5.69 Å². The number of benzene rings is 2. The van der Waals surface area contributed by atoms with E-state index in [1.54, 1.807) is 30.3 Å². The number of ether oxygens (including phenoxy) is 3. The molecule has 1 amide bonds. The fourth-order valence-corrected chi connectivity index (χ4v) is 2.91. The van der Waals surface area contributed by atoms with E-state index in [0.717, 1.165) is 5.56 Å². The van der Waals surface area contributed by atoms with Crippen LogP contribution in [0.1, 0.15) is 5.56 Å². The van der Waals surface area contributed by atoms with E-state index in [4.69, 9.17) is 25.8 Å². The number of anilines is 1. The molecule has 2 aromatic carbocycles. The minimum atomic E-state index is -0.276. The van der Waals surface area contributed by atoms with Gasteiger partial charge >= 0.3 is 0 Å². The Kier molecular flexibility index (Phi) is 5.16. The number of halogens is 2. The van der Waals surface area contributed by atoms with Crippen molar-refractivity contribution in [2.75, 3.05) is 25.1 Å². The van der Waals surface area contributed by atoms with E-state index in [0.29, 0.717) is 45.6 Å². The summed E-state index contributed by atoms with van der Waals surface area (Å²) >= 11 is 9.31. The van der Waals surface area contributed by atoms with Crippen molar-refractivity contribution in [1.82, 2.24) is 0 Å². The van der Waals surface area contributed by atoms with Crippen LogP contribution in [-0.4, -0.2) is 25.7 Å². The first-order valence-electron chi connectivity index (χ1n) is 7.31. The first-order chi connectivity index (χ1) is 11.5. The SMILES string of the molecule is Cc1cc(Cl)ccc1OCC(=O)Nc1cc2c(cc1Br)OCCO2. The van der Waals surface area contributed by atoms with Gasteiger partial charge in [0.1, 0.15) is 19.0 Å². The Bertz CT molecular complexity index is 781. The highest BCUT2D eigenvalue weighted by molar-refractivity contribution is 9.10. The van der Waals surface area contributed by atoms with Crippen molar-refractivity contribution < 1.29 is 19.0 Å². The van der Waals surface area contributed by atoms with Crippen LogP contribution < -0.4 is 19.5 Å². The van der Waals surface area contributed by atoms with Crippen molar-refractivity contribution in [2.24, 2.45) is 0 Å². The van der Waals surface area contributed by atoms with Gasteiger partial charge in [0.2, 0.25) is 0 Å². The van der Waals surface area contributed by atoms with Crippen molar-refractivity contribution in [1.29, 1.82) is 0 Å². The van der Waals surface area contributed by atoms with Crippen LogP contribution in [0.5, 0.6) is 17.2 Å². The predicted octanol–water partition coefficient (Wildman–Crippen LogP) is 4.20. The molecule has 0 saturated carbocycles. The maximum absolute atomic E-state index is 12.1. The van der Waals surface area contributed by atoms with Crippen LogP contribution in [0.4, 0.5) is 5.69 Å². The first kappa shape index (κ1) is 16.9. The van der Waals surface area contributed by atoms with E-state index in [9.17, 15) is 4.79 Å². The maximum atomic E-state index is 12.1. The highest BCUT2D eigenvalue weighted by atomic mass is 79.9. The largest absolute Gasteiger partial charge is 0.486 e. The van der Waals surface area contributed by atoms with Gasteiger partial charge in [-0.2, -0.15) is 0 Å². The number of aryl methyl sites for hydroxylation is 1. The average Bonchev–Trinajstić information content (AvgIpc) is 2.55. The molecule has 1 N–H and O–H groups in total. The molecule has 0 aliphatic carbocycles. The maximum Gasteiger partial charge on any atom is 0.262 e. The number of hydrogen-bond acceptors (Lipinski definition) is 4.